The summed E-state index contributed by atoms with van der Waals surface area (Å²) in [6, 6.07) is 4.32. The van der Waals surface area contributed by atoms with Crippen LogP contribution in [0.3, 0.4) is 0 Å². The molecule has 1 saturated carbocycles. The number of rotatable bonds is 4. The number of thioether (sulfide) groups is 1. The molecule has 1 fully saturated rings. The third-order valence-electron chi connectivity index (χ3n) is 4.42. The molecule has 0 atom stereocenters. The lowest BCUT2D eigenvalue weighted by Gasteiger charge is -2.36. The summed E-state index contributed by atoms with van der Waals surface area (Å²) in [4.78, 5) is 4.57. The predicted octanol–water partition coefficient (Wildman–Crippen LogP) is 4.86. The molecule has 1 aliphatic carbocycles. The second-order valence-corrected chi connectivity index (χ2v) is 8.26. The molecule has 0 aliphatic heterocycles. The average Bonchev–Trinajstić information content (AvgIpc) is 2.46. The van der Waals surface area contributed by atoms with Crippen LogP contribution in [0.4, 0.5) is 5.82 Å². The smallest absolute Gasteiger partial charge is 0.125 e. The van der Waals surface area contributed by atoms with E-state index >= 15 is 0 Å². The van der Waals surface area contributed by atoms with Gasteiger partial charge in [0.1, 0.15) is 5.82 Å². The van der Waals surface area contributed by atoms with Crippen molar-refractivity contribution >= 4 is 17.6 Å². The second kappa shape index (κ2) is 6.38. The van der Waals surface area contributed by atoms with Crippen molar-refractivity contribution in [1.29, 1.82) is 0 Å². The van der Waals surface area contributed by atoms with Crippen LogP contribution in [0.15, 0.2) is 18.3 Å². The van der Waals surface area contributed by atoms with Crippen LogP contribution >= 0.6 is 11.8 Å². The van der Waals surface area contributed by atoms with Gasteiger partial charge in [0, 0.05) is 17.5 Å². The van der Waals surface area contributed by atoms with E-state index in [2.05, 4.69) is 49.5 Å². The molecule has 0 bridgehead atoms. The van der Waals surface area contributed by atoms with Gasteiger partial charge in [-0.25, -0.2) is 4.98 Å². The van der Waals surface area contributed by atoms with E-state index in [9.17, 15) is 0 Å². The first-order chi connectivity index (χ1) is 9.45. The zero-order valence-corrected chi connectivity index (χ0v) is 14.1. The highest BCUT2D eigenvalue weighted by molar-refractivity contribution is 8.00. The number of hydrogen-bond donors (Lipinski definition) is 1. The molecule has 1 aromatic heterocycles. The molecular formula is C17H28N2S. The van der Waals surface area contributed by atoms with Gasteiger partial charge in [0.25, 0.3) is 0 Å². The minimum absolute atomic E-state index is 0.176. The Hall–Kier alpha value is -0.700. The Kier molecular flexibility index (Phi) is 5.00. The van der Waals surface area contributed by atoms with E-state index in [1.54, 1.807) is 0 Å². The van der Waals surface area contributed by atoms with E-state index in [0.717, 1.165) is 12.4 Å². The quantitative estimate of drug-likeness (QED) is 0.858. The second-order valence-electron chi connectivity index (χ2n) is 6.98. The molecule has 2 nitrogen and oxygen atoms in total. The Morgan fingerprint density at radius 3 is 2.40 bits per heavy atom. The highest BCUT2D eigenvalue weighted by Crippen LogP contribution is 2.38. The zero-order chi connectivity index (χ0) is 14.6. The van der Waals surface area contributed by atoms with Crippen molar-refractivity contribution < 1.29 is 0 Å². The molecule has 0 spiro atoms. The van der Waals surface area contributed by atoms with E-state index in [1.165, 1.54) is 37.7 Å². The molecule has 1 aromatic rings. The molecule has 0 saturated heterocycles. The first-order valence-corrected chi connectivity index (χ1v) is 8.93. The fraction of sp³-hybridized carbons (Fsp3) is 0.706. The normalized spacial score (nSPS) is 18.8. The van der Waals surface area contributed by atoms with Gasteiger partial charge in [-0.15, -0.1) is 0 Å². The lowest BCUT2D eigenvalue weighted by Crippen LogP contribution is -2.35. The van der Waals surface area contributed by atoms with Crippen LogP contribution in [0.25, 0.3) is 0 Å². The van der Waals surface area contributed by atoms with Crippen LogP contribution in [-0.4, -0.2) is 22.5 Å². The Bertz CT molecular complexity index is 414. The lowest BCUT2D eigenvalue weighted by atomic mass is 9.88. The van der Waals surface area contributed by atoms with Crippen molar-refractivity contribution in [2.75, 3.05) is 18.1 Å². The van der Waals surface area contributed by atoms with Gasteiger partial charge in [-0.1, -0.05) is 46.1 Å². The molecule has 1 N–H and O–H groups in total. The summed E-state index contributed by atoms with van der Waals surface area (Å²) in [7, 11) is 0. The van der Waals surface area contributed by atoms with Crippen molar-refractivity contribution in [2.24, 2.45) is 0 Å². The summed E-state index contributed by atoms with van der Waals surface area (Å²) in [6.07, 6.45) is 11.1. The van der Waals surface area contributed by atoms with E-state index in [1.807, 2.05) is 18.0 Å². The summed E-state index contributed by atoms with van der Waals surface area (Å²) < 4.78 is 0.419. The van der Waals surface area contributed by atoms with Gasteiger partial charge in [0.05, 0.1) is 0 Å². The fourth-order valence-electron chi connectivity index (χ4n) is 2.84. The number of nitrogens with one attached hydrogen (secondary N) is 1. The molecule has 0 radical (unpaired) electrons. The van der Waals surface area contributed by atoms with E-state index < -0.39 is 0 Å². The maximum Gasteiger partial charge on any atom is 0.125 e. The molecule has 0 unspecified atom stereocenters. The minimum atomic E-state index is 0.176. The van der Waals surface area contributed by atoms with Gasteiger partial charge in [0.2, 0.25) is 0 Å². The van der Waals surface area contributed by atoms with Gasteiger partial charge in [-0.3, -0.25) is 0 Å². The van der Waals surface area contributed by atoms with Gasteiger partial charge in [-0.05, 0) is 36.1 Å². The van der Waals surface area contributed by atoms with Gasteiger partial charge in [0.15, 0.2) is 0 Å². The van der Waals surface area contributed by atoms with Gasteiger partial charge in [-0.2, -0.15) is 11.8 Å². The van der Waals surface area contributed by atoms with Crippen LogP contribution in [0.5, 0.6) is 0 Å². The summed E-state index contributed by atoms with van der Waals surface area (Å²) >= 11 is 2.03. The summed E-state index contributed by atoms with van der Waals surface area (Å²) in [5, 5.41) is 3.55. The number of anilines is 1. The van der Waals surface area contributed by atoms with Crippen molar-refractivity contribution in [3.05, 3.63) is 23.9 Å². The molecule has 1 heterocycles. The monoisotopic (exact) mass is 292 g/mol. The first-order valence-electron chi connectivity index (χ1n) is 7.71. The summed E-state index contributed by atoms with van der Waals surface area (Å²) in [6.45, 7) is 7.71. The third kappa shape index (κ3) is 3.91. The highest BCUT2D eigenvalue weighted by Gasteiger charge is 2.30. The van der Waals surface area contributed by atoms with E-state index in [4.69, 9.17) is 0 Å². The van der Waals surface area contributed by atoms with Crippen molar-refractivity contribution in [3.63, 3.8) is 0 Å². The number of pyridine rings is 1. The summed E-state index contributed by atoms with van der Waals surface area (Å²) in [5.41, 5.74) is 1.47. The van der Waals surface area contributed by atoms with Crippen LogP contribution < -0.4 is 5.32 Å². The standard InChI is InChI=1S/C17H28N2S/c1-16(2,3)14-8-9-15(18-12-14)19-13-17(20-4)10-6-5-7-11-17/h8-9,12H,5-7,10-11,13H2,1-4H3,(H,18,19). The van der Waals surface area contributed by atoms with Crippen molar-refractivity contribution in [2.45, 2.75) is 63.0 Å². The van der Waals surface area contributed by atoms with Crippen molar-refractivity contribution in [1.82, 2.24) is 4.98 Å². The number of hydrogen-bond acceptors (Lipinski definition) is 3. The molecule has 0 amide bonds. The average molecular weight is 292 g/mol. The Morgan fingerprint density at radius 1 is 1.20 bits per heavy atom. The number of nitrogens with zero attached hydrogens (tertiary/aromatic N) is 1. The maximum atomic E-state index is 4.57. The molecule has 1 aliphatic rings. The van der Waals surface area contributed by atoms with Crippen LogP contribution in [0.2, 0.25) is 0 Å². The lowest BCUT2D eigenvalue weighted by molar-refractivity contribution is 0.411. The zero-order valence-electron chi connectivity index (χ0n) is 13.3. The van der Waals surface area contributed by atoms with Gasteiger partial charge < -0.3 is 5.32 Å². The highest BCUT2D eigenvalue weighted by atomic mass is 32.2. The topological polar surface area (TPSA) is 24.9 Å². The maximum absolute atomic E-state index is 4.57. The Balaban J connectivity index is 1.96. The molecule has 112 valence electrons. The Labute approximate surface area is 128 Å². The van der Waals surface area contributed by atoms with Crippen molar-refractivity contribution in [3.8, 4) is 0 Å². The molecular weight excluding hydrogens is 264 g/mol. The third-order valence-corrected chi connectivity index (χ3v) is 5.84. The first kappa shape index (κ1) is 15.7. The molecule has 3 heteroatoms. The number of aromatic nitrogens is 1. The Morgan fingerprint density at radius 2 is 1.90 bits per heavy atom. The molecule has 2 rings (SSSR count). The fourth-order valence-corrected chi connectivity index (χ4v) is 3.76. The minimum Gasteiger partial charge on any atom is -0.369 e. The van der Waals surface area contributed by atoms with Crippen LogP contribution in [0.1, 0.15) is 58.4 Å². The van der Waals surface area contributed by atoms with E-state index in [0.29, 0.717) is 4.75 Å². The largest absolute Gasteiger partial charge is 0.369 e. The molecule has 20 heavy (non-hydrogen) atoms. The predicted molar refractivity (Wildman–Crippen MR) is 90.8 cm³/mol. The van der Waals surface area contributed by atoms with Crippen LogP contribution in [-0.2, 0) is 5.41 Å². The molecule has 0 aromatic carbocycles. The SMILES string of the molecule is CSC1(CNc2ccc(C(C)(C)C)cn2)CCCCC1. The van der Waals surface area contributed by atoms with Gasteiger partial charge >= 0.3 is 0 Å². The summed E-state index contributed by atoms with van der Waals surface area (Å²) in [5.74, 6) is 1.01. The van der Waals surface area contributed by atoms with Crippen LogP contribution in [0, 0.1) is 0 Å². The van der Waals surface area contributed by atoms with E-state index in [-0.39, 0.29) is 5.41 Å².